The van der Waals surface area contributed by atoms with Crippen molar-refractivity contribution in [3.05, 3.63) is 120 Å². The predicted molar refractivity (Wildman–Crippen MR) is 168 cm³/mol. The summed E-state index contributed by atoms with van der Waals surface area (Å²) >= 11 is 0. The summed E-state index contributed by atoms with van der Waals surface area (Å²) in [5.41, 5.74) is 6.00. The quantitative estimate of drug-likeness (QED) is 0.124. The van der Waals surface area contributed by atoms with Crippen LogP contribution < -0.4 is 5.32 Å². The Hall–Kier alpha value is -4.00. The maximum atomic E-state index is 12.8. The van der Waals surface area contributed by atoms with Gasteiger partial charge >= 0.3 is 0 Å². The second kappa shape index (κ2) is 15.1. The maximum Gasteiger partial charge on any atom is 0.221 e. The lowest BCUT2D eigenvalue weighted by atomic mass is 9.98. The van der Waals surface area contributed by atoms with Crippen LogP contribution in [-0.4, -0.2) is 26.7 Å². The first-order chi connectivity index (χ1) is 19.9. The Kier molecular flexibility index (Phi) is 11.1. The third-order valence-electron chi connectivity index (χ3n) is 6.73. The minimum atomic E-state index is -3.31. The lowest BCUT2D eigenvalue weighted by Crippen LogP contribution is -2.07. The molecule has 5 nitrogen and oxygen atoms in total. The number of rotatable bonds is 14. The minimum absolute atomic E-state index is 0.101. The molecule has 212 valence electrons. The fourth-order valence-electron chi connectivity index (χ4n) is 4.55. The van der Waals surface area contributed by atoms with Crippen LogP contribution in [0.25, 0.3) is 23.3 Å². The van der Waals surface area contributed by atoms with E-state index in [1.54, 1.807) is 12.1 Å². The molecular weight excluding hydrogens is 530 g/mol. The fraction of sp³-hybridized carbons (Fsp3) is 0.229. The van der Waals surface area contributed by atoms with E-state index < -0.39 is 9.84 Å². The summed E-state index contributed by atoms with van der Waals surface area (Å²) in [7, 11) is -3.31. The zero-order valence-electron chi connectivity index (χ0n) is 23.5. The predicted octanol–water partition coefficient (Wildman–Crippen LogP) is 8.03. The average molecular weight is 568 g/mol. The monoisotopic (exact) mass is 567 g/mol. The molecule has 0 spiro atoms. The summed E-state index contributed by atoms with van der Waals surface area (Å²) in [6.07, 6.45) is 7.41. The Balaban J connectivity index is 1.25. The molecule has 0 bridgehead atoms. The van der Waals surface area contributed by atoms with E-state index in [0.29, 0.717) is 24.5 Å². The molecule has 0 unspecified atom stereocenters. The van der Waals surface area contributed by atoms with E-state index >= 15 is 0 Å². The zero-order chi connectivity index (χ0) is 28.9. The number of anilines is 1. The van der Waals surface area contributed by atoms with Gasteiger partial charge in [0.1, 0.15) is 0 Å². The fourth-order valence-corrected chi connectivity index (χ4v) is 5.92. The number of carbonyl (C=O) groups excluding carboxylic acids is 1. The van der Waals surface area contributed by atoms with Gasteiger partial charge < -0.3 is 10.1 Å². The van der Waals surface area contributed by atoms with E-state index in [4.69, 9.17) is 4.74 Å². The molecule has 4 aromatic carbocycles. The van der Waals surface area contributed by atoms with E-state index in [2.05, 4.69) is 11.4 Å². The van der Waals surface area contributed by atoms with Gasteiger partial charge in [0.2, 0.25) is 5.91 Å². The molecule has 0 radical (unpaired) electrons. The Morgan fingerprint density at radius 3 is 2.17 bits per heavy atom. The molecule has 0 aliphatic heterocycles. The van der Waals surface area contributed by atoms with Gasteiger partial charge in [0.25, 0.3) is 0 Å². The van der Waals surface area contributed by atoms with E-state index in [1.807, 2.05) is 97.1 Å². The molecule has 1 N–H and O–H groups in total. The number of ether oxygens (including phenoxy) is 1. The summed E-state index contributed by atoms with van der Waals surface area (Å²) < 4.78 is 31.4. The van der Waals surface area contributed by atoms with E-state index in [-0.39, 0.29) is 11.7 Å². The van der Waals surface area contributed by atoms with Gasteiger partial charge in [-0.15, -0.1) is 0 Å². The van der Waals surface area contributed by atoms with Gasteiger partial charge in [0.15, 0.2) is 9.84 Å². The number of sulfone groups is 1. The van der Waals surface area contributed by atoms with Crippen molar-refractivity contribution in [2.45, 2.75) is 44.1 Å². The standard InChI is InChI=1S/C35H37NO4S/c1-28(37)36-33-21-19-32(20-22-33)35-14-8-7-13-31(35)18-15-29-16-23-34(24-17-29)41(38,39)26-10-3-2-9-25-40-27-30-11-5-4-6-12-30/h4-8,11-24H,2-3,9-10,25-27H2,1H3,(H,36,37). The lowest BCUT2D eigenvalue weighted by molar-refractivity contribution is -0.114. The molecule has 0 atom stereocenters. The Morgan fingerprint density at radius 1 is 0.756 bits per heavy atom. The number of amides is 1. The summed E-state index contributed by atoms with van der Waals surface area (Å²) in [5, 5.41) is 2.79. The van der Waals surface area contributed by atoms with Crippen LogP contribution in [0, 0.1) is 0 Å². The van der Waals surface area contributed by atoms with Gasteiger partial charge in [0, 0.05) is 19.2 Å². The Labute approximate surface area is 243 Å². The average Bonchev–Trinajstić information content (AvgIpc) is 2.98. The zero-order valence-corrected chi connectivity index (χ0v) is 24.3. The van der Waals surface area contributed by atoms with Crippen molar-refractivity contribution < 1.29 is 17.9 Å². The molecule has 0 aromatic heterocycles. The van der Waals surface area contributed by atoms with Gasteiger partial charge in [-0.3, -0.25) is 4.79 Å². The molecule has 4 rings (SSSR count). The topological polar surface area (TPSA) is 72.5 Å². The highest BCUT2D eigenvalue weighted by molar-refractivity contribution is 7.91. The van der Waals surface area contributed by atoms with Crippen LogP contribution in [0.1, 0.15) is 49.3 Å². The van der Waals surface area contributed by atoms with Crippen LogP contribution in [-0.2, 0) is 26.0 Å². The van der Waals surface area contributed by atoms with E-state index in [1.165, 1.54) is 6.92 Å². The van der Waals surface area contributed by atoms with Crippen LogP contribution in [0.2, 0.25) is 0 Å². The van der Waals surface area contributed by atoms with Gasteiger partial charge in [-0.25, -0.2) is 8.42 Å². The first-order valence-electron chi connectivity index (χ1n) is 14.0. The van der Waals surface area contributed by atoms with Crippen molar-refractivity contribution in [2.75, 3.05) is 17.7 Å². The summed E-state index contributed by atoms with van der Waals surface area (Å²) in [6.45, 7) is 2.79. The largest absolute Gasteiger partial charge is 0.377 e. The molecule has 0 aliphatic rings. The molecule has 4 aromatic rings. The smallest absolute Gasteiger partial charge is 0.221 e. The maximum absolute atomic E-state index is 12.8. The molecular formula is C35H37NO4S. The van der Waals surface area contributed by atoms with Gasteiger partial charge in [-0.05, 0) is 64.9 Å². The van der Waals surface area contributed by atoms with Crippen molar-refractivity contribution in [1.82, 2.24) is 0 Å². The SMILES string of the molecule is CC(=O)Nc1ccc(-c2ccccc2C=Cc2ccc(S(=O)(=O)CCCCCCOCc3ccccc3)cc2)cc1. The van der Waals surface area contributed by atoms with Crippen LogP contribution in [0.15, 0.2) is 108 Å². The molecule has 0 fully saturated rings. The molecule has 41 heavy (non-hydrogen) atoms. The number of carbonyl (C=O) groups is 1. The van der Waals surface area contributed by atoms with Crippen molar-refractivity contribution in [3.63, 3.8) is 0 Å². The molecule has 6 heteroatoms. The first kappa shape index (κ1) is 30.0. The van der Waals surface area contributed by atoms with Crippen molar-refractivity contribution in [2.24, 2.45) is 0 Å². The molecule has 0 heterocycles. The highest BCUT2D eigenvalue weighted by atomic mass is 32.2. The van der Waals surface area contributed by atoms with Gasteiger partial charge in [-0.1, -0.05) is 104 Å². The third-order valence-corrected chi connectivity index (χ3v) is 8.55. The van der Waals surface area contributed by atoms with Crippen molar-refractivity contribution >= 4 is 33.6 Å². The number of benzene rings is 4. The molecule has 0 saturated heterocycles. The molecule has 0 saturated carbocycles. The third kappa shape index (κ3) is 9.55. The molecule has 0 aliphatic carbocycles. The number of hydrogen-bond acceptors (Lipinski definition) is 4. The summed E-state index contributed by atoms with van der Waals surface area (Å²) in [6, 6.07) is 33.0. The number of nitrogens with one attached hydrogen (secondary N) is 1. The first-order valence-corrected chi connectivity index (χ1v) is 15.7. The normalized spacial score (nSPS) is 11.5. The highest BCUT2D eigenvalue weighted by Gasteiger charge is 2.13. The van der Waals surface area contributed by atoms with Crippen molar-refractivity contribution in [1.29, 1.82) is 0 Å². The van der Waals surface area contributed by atoms with Crippen LogP contribution >= 0.6 is 0 Å². The summed E-state index contributed by atoms with van der Waals surface area (Å²) in [4.78, 5) is 11.7. The Bertz CT molecular complexity index is 1530. The summed E-state index contributed by atoms with van der Waals surface area (Å²) in [5.74, 6) is 0.0531. The molecule has 1 amide bonds. The Morgan fingerprint density at radius 2 is 1.44 bits per heavy atom. The lowest BCUT2D eigenvalue weighted by Gasteiger charge is -2.08. The van der Waals surface area contributed by atoms with E-state index in [0.717, 1.165) is 52.8 Å². The number of hydrogen-bond donors (Lipinski definition) is 1. The van der Waals surface area contributed by atoms with Gasteiger partial charge in [-0.2, -0.15) is 0 Å². The van der Waals surface area contributed by atoms with Gasteiger partial charge in [0.05, 0.1) is 17.3 Å². The number of unbranched alkanes of at least 4 members (excludes halogenated alkanes) is 3. The van der Waals surface area contributed by atoms with Crippen LogP contribution in [0.4, 0.5) is 5.69 Å². The second-order valence-electron chi connectivity index (χ2n) is 10.0. The highest BCUT2D eigenvalue weighted by Crippen LogP contribution is 2.27. The van der Waals surface area contributed by atoms with Crippen LogP contribution in [0.3, 0.4) is 0 Å². The van der Waals surface area contributed by atoms with Crippen molar-refractivity contribution in [3.8, 4) is 11.1 Å². The van der Waals surface area contributed by atoms with E-state index in [9.17, 15) is 13.2 Å². The second-order valence-corrected chi connectivity index (χ2v) is 12.1. The minimum Gasteiger partial charge on any atom is -0.377 e. The van der Waals surface area contributed by atoms with Crippen LogP contribution in [0.5, 0.6) is 0 Å².